The number of oxime groups is 1. The van der Waals surface area contributed by atoms with Gasteiger partial charge in [0.15, 0.2) is 17.0 Å². The normalized spacial score (nSPS) is 24.5. The van der Waals surface area contributed by atoms with E-state index in [1.54, 1.807) is 6.92 Å². The van der Waals surface area contributed by atoms with Crippen LogP contribution in [-0.2, 0) is 16.1 Å². The summed E-state index contributed by atoms with van der Waals surface area (Å²) in [5.41, 5.74) is -3.86. The number of halogens is 4. The second kappa shape index (κ2) is 11.3. The van der Waals surface area contributed by atoms with Gasteiger partial charge in [-0.2, -0.15) is 0 Å². The molecule has 0 saturated carbocycles. The SMILES string of the molecule is CCCCOc1c2n(cc(C(=O)NCc3c(F)cc(F)cc3F)c1=O)[C@@H]1CN(C2=O)[C@@H](C)CC[C@@]12ON=C(OC)[C@H]2F. The van der Waals surface area contributed by atoms with Crippen LogP contribution in [0.15, 0.2) is 28.3 Å². The molecule has 0 radical (unpaired) electrons. The molecule has 2 amide bonds. The highest BCUT2D eigenvalue weighted by molar-refractivity contribution is 5.99. The molecule has 2 aromatic rings. The van der Waals surface area contributed by atoms with E-state index in [-0.39, 0.29) is 37.2 Å². The van der Waals surface area contributed by atoms with Crippen LogP contribution in [0.5, 0.6) is 5.75 Å². The summed E-state index contributed by atoms with van der Waals surface area (Å²) in [7, 11) is 1.25. The summed E-state index contributed by atoms with van der Waals surface area (Å²) >= 11 is 0. The molecular weight excluding hydrogens is 564 g/mol. The minimum absolute atomic E-state index is 0.0235. The Hall–Kier alpha value is -4.10. The lowest BCUT2D eigenvalue weighted by molar-refractivity contribution is -0.0960. The van der Waals surface area contributed by atoms with Crippen LogP contribution in [0, 0.1) is 17.5 Å². The predicted molar refractivity (Wildman–Crippen MR) is 141 cm³/mol. The Morgan fingerprint density at radius 1 is 1.24 bits per heavy atom. The van der Waals surface area contributed by atoms with Gasteiger partial charge in [-0.15, -0.1) is 0 Å². The fourth-order valence-electron chi connectivity index (χ4n) is 5.68. The molecule has 1 aromatic carbocycles. The number of unbranched alkanes of at least 4 members (excludes halogenated alkanes) is 1. The smallest absolute Gasteiger partial charge is 0.274 e. The summed E-state index contributed by atoms with van der Waals surface area (Å²) in [6.45, 7) is 3.02. The number of alkyl halides is 1. The van der Waals surface area contributed by atoms with Crippen molar-refractivity contribution in [2.45, 2.75) is 69.9 Å². The lowest BCUT2D eigenvalue weighted by atomic mass is 9.84. The van der Waals surface area contributed by atoms with Gasteiger partial charge < -0.3 is 29.1 Å². The van der Waals surface area contributed by atoms with E-state index in [1.807, 2.05) is 6.92 Å². The number of hydrogen-bond acceptors (Lipinski definition) is 7. The summed E-state index contributed by atoms with van der Waals surface area (Å²) in [5, 5.41) is 6.07. The summed E-state index contributed by atoms with van der Waals surface area (Å²) in [5.74, 6) is -5.84. The molecular formula is C28H30F4N4O6. The van der Waals surface area contributed by atoms with Gasteiger partial charge in [-0.1, -0.05) is 13.3 Å². The third-order valence-electron chi connectivity index (χ3n) is 8.09. The lowest BCUT2D eigenvalue weighted by Crippen LogP contribution is -2.56. The molecule has 4 atom stereocenters. The van der Waals surface area contributed by atoms with E-state index in [1.165, 1.54) is 16.6 Å². The Bertz CT molecular complexity index is 1490. The zero-order chi connectivity index (χ0) is 30.3. The average Bonchev–Trinajstić information content (AvgIpc) is 3.20. The molecule has 1 spiro atoms. The Morgan fingerprint density at radius 3 is 2.60 bits per heavy atom. The summed E-state index contributed by atoms with van der Waals surface area (Å²) in [6.07, 6.45) is 0.989. The van der Waals surface area contributed by atoms with E-state index < -0.39 is 75.9 Å². The lowest BCUT2D eigenvalue weighted by Gasteiger charge is -2.42. The molecule has 0 aliphatic carbocycles. The summed E-state index contributed by atoms with van der Waals surface area (Å²) in [6, 6.07) is -0.382. The van der Waals surface area contributed by atoms with Crippen molar-refractivity contribution in [2.24, 2.45) is 5.16 Å². The van der Waals surface area contributed by atoms with Gasteiger partial charge in [0.05, 0.1) is 19.8 Å². The number of nitrogens with one attached hydrogen (secondary N) is 1. The van der Waals surface area contributed by atoms with Crippen molar-refractivity contribution in [1.82, 2.24) is 14.8 Å². The average molecular weight is 595 g/mol. The number of carbonyl (C=O) groups is 2. The van der Waals surface area contributed by atoms with Crippen molar-refractivity contribution in [3.05, 3.63) is 62.8 Å². The maximum absolute atomic E-state index is 15.9. The third-order valence-corrected chi connectivity index (χ3v) is 8.09. The first-order valence-corrected chi connectivity index (χ1v) is 13.6. The number of rotatable bonds is 7. The fourth-order valence-corrected chi connectivity index (χ4v) is 5.68. The molecule has 14 heteroatoms. The van der Waals surface area contributed by atoms with Crippen molar-refractivity contribution in [1.29, 1.82) is 0 Å². The van der Waals surface area contributed by atoms with Crippen LogP contribution in [0.4, 0.5) is 17.6 Å². The van der Waals surface area contributed by atoms with Gasteiger partial charge in [-0.05, 0) is 31.3 Å². The highest BCUT2D eigenvalue weighted by Gasteiger charge is 2.61. The molecule has 1 saturated heterocycles. The first kappa shape index (κ1) is 29.4. The third kappa shape index (κ3) is 4.75. The Kier molecular flexibility index (Phi) is 7.90. The standard InChI is InChI=1S/C28H30F4N4O6/c1-4-5-8-41-23-21-27(39)35-13-20(28(7-6-14(35)2)24(32)26(40-3)34-42-28)36(21)12-17(22(23)37)25(38)33-11-16-18(30)9-15(29)10-19(16)31/h9-10,12,14,20,24H,4-8,11,13H2,1-3H3,(H,33,38)/t14-,20+,24+,28+/m0/s1. The van der Waals surface area contributed by atoms with E-state index in [0.29, 0.717) is 31.4 Å². The van der Waals surface area contributed by atoms with E-state index in [4.69, 9.17) is 14.3 Å². The molecule has 10 nitrogen and oxygen atoms in total. The van der Waals surface area contributed by atoms with Crippen molar-refractivity contribution in [3.8, 4) is 5.75 Å². The van der Waals surface area contributed by atoms with Crippen LogP contribution >= 0.6 is 0 Å². The number of fused-ring (bicyclic) bond motifs is 5. The van der Waals surface area contributed by atoms with E-state index in [9.17, 15) is 27.6 Å². The van der Waals surface area contributed by atoms with E-state index >= 15 is 4.39 Å². The molecule has 2 bridgehead atoms. The molecule has 1 fully saturated rings. The number of pyridine rings is 1. The summed E-state index contributed by atoms with van der Waals surface area (Å²) in [4.78, 5) is 48.0. The Balaban J connectivity index is 1.62. The minimum atomic E-state index is -1.83. The number of methoxy groups -OCH3 is 1. The van der Waals surface area contributed by atoms with Crippen LogP contribution in [0.3, 0.4) is 0 Å². The summed E-state index contributed by atoms with van der Waals surface area (Å²) < 4.78 is 69.9. The van der Waals surface area contributed by atoms with E-state index in [2.05, 4.69) is 10.5 Å². The number of amides is 2. The van der Waals surface area contributed by atoms with Gasteiger partial charge >= 0.3 is 0 Å². The van der Waals surface area contributed by atoms with E-state index in [0.717, 1.165) is 6.20 Å². The van der Waals surface area contributed by atoms with Crippen LogP contribution < -0.4 is 15.5 Å². The van der Waals surface area contributed by atoms with Crippen molar-refractivity contribution < 1.29 is 41.5 Å². The maximum Gasteiger partial charge on any atom is 0.274 e. The molecule has 226 valence electrons. The number of benzene rings is 1. The quantitative estimate of drug-likeness (QED) is 0.387. The number of aromatic nitrogens is 1. The number of ether oxygens (including phenoxy) is 2. The minimum Gasteiger partial charge on any atom is -0.487 e. The van der Waals surface area contributed by atoms with Gasteiger partial charge in [0.1, 0.15) is 23.0 Å². The van der Waals surface area contributed by atoms with Gasteiger partial charge in [-0.3, -0.25) is 14.4 Å². The molecule has 1 N–H and O–H groups in total. The van der Waals surface area contributed by atoms with Gasteiger partial charge in [0.2, 0.25) is 11.6 Å². The van der Waals surface area contributed by atoms with Crippen LogP contribution in [0.2, 0.25) is 0 Å². The maximum atomic E-state index is 15.9. The second-order valence-corrected chi connectivity index (χ2v) is 10.6. The Labute approximate surface area is 238 Å². The zero-order valence-electron chi connectivity index (χ0n) is 23.2. The van der Waals surface area contributed by atoms with Crippen LogP contribution in [0.25, 0.3) is 0 Å². The molecule has 3 aliphatic rings. The Morgan fingerprint density at radius 2 is 1.95 bits per heavy atom. The molecule has 42 heavy (non-hydrogen) atoms. The highest BCUT2D eigenvalue weighted by atomic mass is 19.1. The number of hydrogen-bond donors (Lipinski definition) is 1. The van der Waals surface area contributed by atoms with Gasteiger partial charge in [0.25, 0.3) is 17.7 Å². The zero-order valence-corrected chi connectivity index (χ0v) is 23.2. The predicted octanol–water partition coefficient (Wildman–Crippen LogP) is 3.62. The first-order valence-electron chi connectivity index (χ1n) is 13.6. The number of nitrogens with zero attached hydrogens (tertiary/aromatic N) is 3. The molecule has 3 aliphatic heterocycles. The fraction of sp³-hybridized carbons (Fsp3) is 0.500. The van der Waals surface area contributed by atoms with Crippen molar-refractivity contribution >= 4 is 17.7 Å². The van der Waals surface area contributed by atoms with Crippen molar-refractivity contribution in [2.75, 3.05) is 20.3 Å². The highest BCUT2D eigenvalue weighted by Crippen LogP contribution is 2.47. The molecule has 1 aromatic heterocycles. The van der Waals surface area contributed by atoms with Crippen LogP contribution in [-0.4, -0.2) is 65.3 Å². The largest absolute Gasteiger partial charge is 0.487 e. The topological polar surface area (TPSA) is 111 Å². The molecule has 5 rings (SSSR count). The second-order valence-electron chi connectivity index (χ2n) is 10.6. The van der Waals surface area contributed by atoms with Crippen LogP contribution in [0.1, 0.15) is 72.0 Å². The van der Waals surface area contributed by atoms with Gasteiger partial charge in [-0.25, -0.2) is 17.6 Å². The van der Waals surface area contributed by atoms with Gasteiger partial charge in [0, 0.05) is 43.0 Å². The first-order chi connectivity index (χ1) is 20.0. The number of carbonyl (C=O) groups excluding carboxylic acids is 2. The molecule has 0 unspecified atom stereocenters. The monoisotopic (exact) mass is 594 g/mol. The molecule has 4 heterocycles. The van der Waals surface area contributed by atoms with Crippen molar-refractivity contribution in [3.63, 3.8) is 0 Å².